The third-order valence-electron chi connectivity index (χ3n) is 2.99. The minimum Gasteiger partial charge on any atom is -0.507 e. The van der Waals surface area contributed by atoms with Crippen LogP contribution in [0.1, 0.15) is 38.3 Å². The summed E-state index contributed by atoms with van der Waals surface area (Å²) >= 11 is 0. The summed E-state index contributed by atoms with van der Waals surface area (Å²) < 4.78 is 5.04. The van der Waals surface area contributed by atoms with Gasteiger partial charge in [-0.05, 0) is 19.4 Å². The van der Waals surface area contributed by atoms with Crippen molar-refractivity contribution in [3.05, 3.63) is 23.8 Å². The quantitative estimate of drug-likeness (QED) is 0.697. The lowest BCUT2D eigenvalue weighted by molar-refractivity contribution is 0.157. The third-order valence-corrected chi connectivity index (χ3v) is 2.99. The molecule has 4 heteroatoms. The van der Waals surface area contributed by atoms with E-state index in [2.05, 4.69) is 5.32 Å². The first-order chi connectivity index (χ1) is 8.58. The highest BCUT2D eigenvalue weighted by atomic mass is 16.5. The minimum absolute atomic E-state index is 0.0117. The average molecular weight is 253 g/mol. The molecule has 0 aliphatic rings. The van der Waals surface area contributed by atoms with Crippen LogP contribution in [0.5, 0.6) is 11.5 Å². The van der Waals surface area contributed by atoms with Gasteiger partial charge in [0.2, 0.25) is 0 Å². The second-order valence-electron chi connectivity index (χ2n) is 4.50. The molecule has 3 N–H and O–H groups in total. The molecule has 102 valence electrons. The summed E-state index contributed by atoms with van der Waals surface area (Å²) in [5.74, 6) is 0.841. The molecule has 0 fully saturated rings. The van der Waals surface area contributed by atoms with Crippen molar-refractivity contribution >= 4 is 0 Å². The Morgan fingerprint density at radius 3 is 2.67 bits per heavy atom. The Morgan fingerprint density at radius 2 is 2.11 bits per heavy atom. The van der Waals surface area contributed by atoms with E-state index in [0.717, 1.165) is 18.4 Å². The zero-order valence-corrected chi connectivity index (χ0v) is 11.3. The van der Waals surface area contributed by atoms with Gasteiger partial charge in [0, 0.05) is 24.2 Å². The van der Waals surface area contributed by atoms with E-state index in [-0.39, 0.29) is 17.9 Å². The first-order valence-corrected chi connectivity index (χ1v) is 6.36. The fraction of sp³-hybridized carbons (Fsp3) is 0.571. The van der Waals surface area contributed by atoms with E-state index in [1.54, 1.807) is 13.2 Å². The van der Waals surface area contributed by atoms with Crippen molar-refractivity contribution in [2.24, 2.45) is 0 Å². The van der Waals surface area contributed by atoms with Crippen molar-refractivity contribution in [1.29, 1.82) is 0 Å². The van der Waals surface area contributed by atoms with E-state index < -0.39 is 0 Å². The lowest BCUT2D eigenvalue weighted by Gasteiger charge is -2.18. The van der Waals surface area contributed by atoms with E-state index in [1.165, 1.54) is 0 Å². The monoisotopic (exact) mass is 253 g/mol. The van der Waals surface area contributed by atoms with Gasteiger partial charge in [0.25, 0.3) is 0 Å². The number of aliphatic hydroxyl groups excluding tert-OH is 1. The fourth-order valence-electron chi connectivity index (χ4n) is 1.87. The highest BCUT2D eigenvalue weighted by Gasteiger charge is 2.12. The molecule has 0 radical (unpaired) electrons. The van der Waals surface area contributed by atoms with Gasteiger partial charge in [-0.15, -0.1) is 0 Å². The van der Waals surface area contributed by atoms with Gasteiger partial charge in [0.15, 0.2) is 0 Å². The number of phenols is 1. The molecule has 0 amide bonds. The summed E-state index contributed by atoms with van der Waals surface area (Å²) in [4.78, 5) is 0. The van der Waals surface area contributed by atoms with Gasteiger partial charge in [-0.2, -0.15) is 0 Å². The van der Waals surface area contributed by atoms with Crippen LogP contribution in [-0.4, -0.2) is 30.0 Å². The molecule has 1 aromatic carbocycles. The molecule has 0 saturated carbocycles. The zero-order chi connectivity index (χ0) is 13.5. The third kappa shape index (κ3) is 4.20. The number of benzene rings is 1. The Labute approximate surface area is 109 Å². The normalized spacial score (nSPS) is 14.2. The SMILES string of the molecule is CCCC(O)CNC(C)c1ccc(OC)cc1O. The summed E-state index contributed by atoms with van der Waals surface area (Å²) in [6.45, 7) is 4.53. The molecule has 2 atom stereocenters. The van der Waals surface area contributed by atoms with Crippen LogP contribution in [-0.2, 0) is 0 Å². The summed E-state index contributed by atoms with van der Waals surface area (Å²) in [5.41, 5.74) is 0.805. The van der Waals surface area contributed by atoms with Crippen LogP contribution in [0.2, 0.25) is 0 Å². The van der Waals surface area contributed by atoms with Crippen molar-refractivity contribution in [2.75, 3.05) is 13.7 Å². The Hall–Kier alpha value is -1.26. The van der Waals surface area contributed by atoms with Crippen LogP contribution < -0.4 is 10.1 Å². The molecule has 4 nitrogen and oxygen atoms in total. The van der Waals surface area contributed by atoms with Gasteiger partial charge >= 0.3 is 0 Å². The molecule has 1 rings (SSSR count). The number of rotatable bonds is 7. The highest BCUT2D eigenvalue weighted by molar-refractivity contribution is 5.41. The molecular weight excluding hydrogens is 230 g/mol. The maximum Gasteiger partial charge on any atom is 0.124 e. The number of ether oxygens (including phenoxy) is 1. The molecule has 0 saturated heterocycles. The predicted octanol–water partition coefficient (Wildman–Crippen LogP) is 2.21. The molecule has 0 heterocycles. The molecule has 18 heavy (non-hydrogen) atoms. The van der Waals surface area contributed by atoms with Crippen molar-refractivity contribution in [3.63, 3.8) is 0 Å². The Bertz CT molecular complexity index is 368. The Kier molecular flexibility index (Phi) is 5.95. The second-order valence-corrected chi connectivity index (χ2v) is 4.50. The number of hydrogen-bond acceptors (Lipinski definition) is 4. The van der Waals surface area contributed by atoms with Gasteiger partial charge in [-0.1, -0.05) is 19.4 Å². The largest absolute Gasteiger partial charge is 0.507 e. The van der Waals surface area contributed by atoms with Gasteiger partial charge < -0.3 is 20.3 Å². The molecular formula is C14H23NO3. The number of nitrogens with one attached hydrogen (secondary N) is 1. The van der Waals surface area contributed by atoms with Crippen LogP contribution >= 0.6 is 0 Å². The fourth-order valence-corrected chi connectivity index (χ4v) is 1.87. The Morgan fingerprint density at radius 1 is 1.39 bits per heavy atom. The molecule has 0 aliphatic carbocycles. The molecule has 0 aliphatic heterocycles. The summed E-state index contributed by atoms with van der Waals surface area (Å²) in [6.07, 6.45) is 1.41. The number of aliphatic hydroxyl groups is 1. The van der Waals surface area contributed by atoms with Crippen LogP contribution in [0.4, 0.5) is 0 Å². The van der Waals surface area contributed by atoms with E-state index >= 15 is 0 Å². The lowest BCUT2D eigenvalue weighted by atomic mass is 10.1. The molecule has 0 bridgehead atoms. The van der Waals surface area contributed by atoms with Crippen molar-refractivity contribution in [3.8, 4) is 11.5 Å². The first-order valence-electron chi connectivity index (χ1n) is 6.36. The minimum atomic E-state index is -0.335. The molecule has 1 aromatic rings. The highest BCUT2D eigenvalue weighted by Crippen LogP contribution is 2.28. The van der Waals surface area contributed by atoms with Crippen LogP contribution in [0.25, 0.3) is 0 Å². The predicted molar refractivity (Wildman–Crippen MR) is 72.0 cm³/mol. The van der Waals surface area contributed by atoms with E-state index in [9.17, 15) is 10.2 Å². The summed E-state index contributed by atoms with van der Waals surface area (Å²) in [7, 11) is 1.57. The molecule has 0 aromatic heterocycles. The number of aromatic hydroxyl groups is 1. The summed E-state index contributed by atoms with van der Waals surface area (Å²) in [6, 6.07) is 5.23. The lowest BCUT2D eigenvalue weighted by Crippen LogP contribution is -2.29. The van der Waals surface area contributed by atoms with Gasteiger partial charge in [0.1, 0.15) is 11.5 Å². The topological polar surface area (TPSA) is 61.7 Å². The van der Waals surface area contributed by atoms with Gasteiger partial charge in [0.05, 0.1) is 13.2 Å². The van der Waals surface area contributed by atoms with Crippen molar-refractivity contribution in [1.82, 2.24) is 5.32 Å². The van der Waals surface area contributed by atoms with Crippen LogP contribution in [0.3, 0.4) is 0 Å². The number of methoxy groups -OCH3 is 1. The van der Waals surface area contributed by atoms with Crippen molar-refractivity contribution < 1.29 is 14.9 Å². The zero-order valence-electron chi connectivity index (χ0n) is 11.3. The summed E-state index contributed by atoms with van der Waals surface area (Å²) in [5, 5.41) is 22.7. The van der Waals surface area contributed by atoms with E-state index in [4.69, 9.17) is 4.74 Å². The van der Waals surface area contributed by atoms with Gasteiger partial charge in [-0.3, -0.25) is 0 Å². The van der Waals surface area contributed by atoms with Crippen molar-refractivity contribution in [2.45, 2.75) is 38.8 Å². The molecule has 2 unspecified atom stereocenters. The smallest absolute Gasteiger partial charge is 0.124 e. The van der Waals surface area contributed by atoms with Crippen LogP contribution in [0, 0.1) is 0 Å². The average Bonchev–Trinajstić information content (AvgIpc) is 2.36. The standard InChI is InChI=1S/C14H23NO3/c1-4-5-11(16)9-15-10(2)13-7-6-12(18-3)8-14(13)17/h6-8,10-11,15-17H,4-5,9H2,1-3H3. The van der Waals surface area contributed by atoms with E-state index in [0.29, 0.717) is 12.3 Å². The number of hydrogen-bond donors (Lipinski definition) is 3. The molecule has 0 spiro atoms. The maximum absolute atomic E-state index is 9.88. The Balaban J connectivity index is 2.58. The first kappa shape index (κ1) is 14.8. The van der Waals surface area contributed by atoms with Crippen LogP contribution in [0.15, 0.2) is 18.2 Å². The van der Waals surface area contributed by atoms with Gasteiger partial charge in [-0.25, -0.2) is 0 Å². The van der Waals surface area contributed by atoms with E-state index in [1.807, 2.05) is 26.0 Å². The maximum atomic E-state index is 9.88. The second kappa shape index (κ2) is 7.24. The number of phenolic OH excluding ortho intramolecular Hbond substituents is 1.